The zero-order chi connectivity index (χ0) is 30.8. The lowest BCUT2D eigenvalue weighted by Gasteiger charge is -2.38. The summed E-state index contributed by atoms with van der Waals surface area (Å²) in [5.74, 6) is -1.94. The number of fused-ring (bicyclic) bond motifs is 1. The number of halogens is 1. The minimum absolute atomic E-state index is 0.101. The zero-order valence-corrected chi connectivity index (χ0v) is 25.5. The third kappa shape index (κ3) is 5.69. The largest absolute Gasteiger partial charge is 0.368 e. The number of carbonyl (C=O) groups excluding carboxylic acids is 5. The highest BCUT2D eigenvalue weighted by atomic mass is 19.1. The summed E-state index contributed by atoms with van der Waals surface area (Å²) in [4.78, 5) is 69.4. The summed E-state index contributed by atoms with van der Waals surface area (Å²) in [6, 6.07) is -3.13. The van der Waals surface area contributed by atoms with Crippen LogP contribution in [0.5, 0.6) is 0 Å². The van der Waals surface area contributed by atoms with Crippen LogP contribution in [0.4, 0.5) is 9.18 Å². The molecule has 5 aliphatic rings. The summed E-state index contributed by atoms with van der Waals surface area (Å²) in [6.07, 6.45) is 3.71. The standard InChI is InChI=1S/C30H47FN6O5/c1-28(2,3)22(34-27(42)36-11-7-16(14-36)6-10-31)26(41)37-15-18-20(29(18,4)5)21(37)25(40)33-19(23(32)38)12-17-13-30(8-9-30)35-24(17)39/h16-22H,6-15H2,1-5H3,(H2,32,38)(H,33,40)(H,34,42)(H,35,39)/t16?,17-,18+,19+,20+,21+,22-/m1/s1. The fourth-order valence-electron chi connectivity index (χ4n) is 7.69. The first kappa shape index (κ1) is 30.5. The molecule has 3 heterocycles. The van der Waals surface area contributed by atoms with Crippen molar-refractivity contribution in [3.63, 3.8) is 0 Å². The SMILES string of the molecule is CC(C)(C)[C@H](NC(=O)N1CCC(CCF)C1)C(=O)N1C[C@H]2[C@@H]([C@H]1C(=O)N[C@@H](C[C@@H]1CC3(CC3)NC1=O)C(N)=O)C2(C)C. The van der Waals surface area contributed by atoms with E-state index < -0.39 is 47.9 Å². The molecule has 5 fully saturated rings. The van der Waals surface area contributed by atoms with Crippen LogP contribution in [0.15, 0.2) is 0 Å². The summed E-state index contributed by atoms with van der Waals surface area (Å²) < 4.78 is 12.8. The van der Waals surface area contributed by atoms with Gasteiger partial charge in [-0.05, 0) is 67.1 Å². The van der Waals surface area contributed by atoms with E-state index in [1.165, 1.54) is 0 Å². The van der Waals surface area contributed by atoms with Crippen LogP contribution in [-0.2, 0) is 19.2 Å². The molecule has 42 heavy (non-hydrogen) atoms. The minimum Gasteiger partial charge on any atom is -0.368 e. The van der Waals surface area contributed by atoms with E-state index in [4.69, 9.17) is 5.73 Å². The number of piperidine rings is 1. The van der Waals surface area contributed by atoms with Gasteiger partial charge in [-0.1, -0.05) is 34.6 Å². The number of nitrogens with one attached hydrogen (secondary N) is 3. The molecule has 3 aliphatic heterocycles. The second-order valence-corrected chi connectivity index (χ2v) is 15.1. The Bertz CT molecular complexity index is 1150. The van der Waals surface area contributed by atoms with E-state index in [0.29, 0.717) is 32.5 Å². The van der Waals surface area contributed by atoms with Gasteiger partial charge in [-0.15, -0.1) is 0 Å². The molecule has 1 spiro atoms. The molecule has 5 N–H and O–H groups in total. The molecule has 7 atom stereocenters. The quantitative estimate of drug-likeness (QED) is 0.319. The van der Waals surface area contributed by atoms with Crippen LogP contribution >= 0.6 is 0 Å². The van der Waals surface area contributed by atoms with E-state index in [0.717, 1.165) is 19.3 Å². The lowest BCUT2D eigenvalue weighted by molar-refractivity contribution is -0.144. The normalized spacial score (nSPS) is 31.8. The first-order valence-corrected chi connectivity index (χ1v) is 15.4. The molecule has 0 bridgehead atoms. The Morgan fingerprint density at radius 3 is 2.40 bits per heavy atom. The molecular formula is C30H47FN6O5. The van der Waals surface area contributed by atoms with Crippen molar-refractivity contribution in [2.45, 2.75) is 96.8 Å². The molecule has 234 valence electrons. The molecule has 3 saturated heterocycles. The number of hydrogen-bond acceptors (Lipinski definition) is 5. The summed E-state index contributed by atoms with van der Waals surface area (Å²) in [5, 5.41) is 8.74. The highest BCUT2D eigenvalue weighted by Crippen LogP contribution is 2.65. The number of amides is 6. The smallest absolute Gasteiger partial charge is 0.318 e. The molecule has 1 unspecified atom stereocenters. The number of likely N-dealkylation sites (tertiary alicyclic amines) is 2. The predicted octanol–water partition coefficient (Wildman–Crippen LogP) is 1.30. The maximum Gasteiger partial charge on any atom is 0.318 e. The number of alkyl halides is 1. The van der Waals surface area contributed by atoms with Gasteiger partial charge < -0.3 is 31.5 Å². The van der Waals surface area contributed by atoms with Crippen LogP contribution in [0.2, 0.25) is 0 Å². The van der Waals surface area contributed by atoms with E-state index in [1.54, 1.807) is 9.80 Å². The molecule has 2 aliphatic carbocycles. The van der Waals surface area contributed by atoms with Crippen LogP contribution in [0, 0.1) is 34.5 Å². The van der Waals surface area contributed by atoms with Crippen LogP contribution in [0.3, 0.4) is 0 Å². The maximum absolute atomic E-state index is 14.1. The van der Waals surface area contributed by atoms with Crippen molar-refractivity contribution < 1.29 is 28.4 Å². The first-order chi connectivity index (χ1) is 19.6. The first-order valence-electron chi connectivity index (χ1n) is 15.4. The van der Waals surface area contributed by atoms with Crippen LogP contribution < -0.4 is 21.7 Å². The van der Waals surface area contributed by atoms with Crippen molar-refractivity contribution in [2.75, 3.05) is 26.3 Å². The second-order valence-electron chi connectivity index (χ2n) is 15.1. The van der Waals surface area contributed by atoms with E-state index in [-0.39, 0.29) is 53.0 Å². The molecule has 0 aromatic carbocycles. The van der Waals surface area contributed by atoms with Gasteiger partial charge in [0.25, 0.3) is 0 Å². The average Bonchev–Trinajstić information content (AvgIpc) is 3.45. The number of carbonyl (C=O) groups is 5. The van der Waals surface area contributed by atoms with Gasteiger partial charge in [0.05, 0.1) is 6.67 Å². The van der Waals surface area contributed by atoms with Crippen molar-refractivity contribution in [3.05, 3.63) is 0 Å². The topological polar surface area (TPSA) is 154 Å². The Kier molecular flexibility index (Phi) is 7.75. The molecule has 2 saturated carbocycles. The predicted molar refractivity (Wildman–Crippen MR) is 152 cm³/mol. The zero-order valence-electron chi connectivity index (χ0n) is 25.5. The maximum atomic E-state index is 14.1. The Labute approximate surface area is 247 Å². The molecule has 6 amide bonds. The van der Waals surface area contributed by atoms with E-state index >= 15 is 0 Å². The van der Waals surface area contributed by atoms with Crippen molar-refractivity contribution in [3.8, 4) is 0 Å². The second kappa shape index (κ2) is 10.7. The van der Waals surface area contributed by atoms with Crippen molar-refractivity contribution in [1.82, 2.24) is 25.8 Å². The molecule has 5 rings (SSSR count). The molecule has 0 radical (unpaired) electrons. The number of rotatable bonds is 9. The molecule has 0 aromatic heterocycles. The van der Waals surface area contributed by atoms with Gasteiger partial charge in [-0.3, -0.25) is 23.6 Å². The number of urea groups is 1. The Morgan fingerprint density at radius 2 is 1.83 bits per heavy atom. The van der Waals surface area contributed by atoms with Gasteiger partial charge in [0.2, 0.25) is 23.6 Å². The molecular weight excluding hydrogens is 543 g/mol. The van der Waals surface area contributed by atoms with Gasteiger partial charge in [0.1, 0.15) is 18.1 Å². The summed E-state index contributed by atoms with van der Waals surface area (Å²) in [7, 11) is 0. The fourth-order valence-corrected chi connectivity index (χ4v) is 7.69. The fraction of sp³-hybridized carbons (Fsp3) is 0.833. The van der Waals surface area contributed by atoms with Crippen molar-refractivity contribution >= 4 is 29.7 Å². The van der Waals surface area contributed by atoms with Gasteiger partial charge >= 0.3 is 6.03 Å². The lowest BCUT2D eigenvalue weighted by Crippen LogP contribution is -2.61. The molecule has 11 nitrogen and oxygen atoms in total. The Morgan fingerprint density at radius 1 is 1.14 bits per heavy atom. The number of hydrogen-bond donors (Lipinski definition) is 4. The van der Waals surface area contributed by atoms with Crippen molar-refractivity contribution in [2.24, 2.45) is 40.2 Å². The highest BCUT2D eigenvalue weighted by Gasteiger charge is 2.70. The summed E-state index contributed by atoms with van der Waals surface area (Å²) in [5.41, 5.74) is 4.71. The van der Waals surface area contributed by atoms with E-state index in [9.17, 15) is 28.4 Å². The van der Waals surface area contributed by atoms with Gasteiger partial charge in [-0.2, -0.15) is 0 Å². The molecule has 12 heteroatoms. The van der Waals surface area contributed by atoms with Crippen LogP contribution in [0.25, 0.3) is 0 Å². The number of nitrogens with two attached hydrogens (primary N) is 1. The van der Waals surface area contributed by atoms with Gasteiger partial charge in [-0.25, -0.2) is 4.79 Å². The van der Waals surface area contributed by atoms with Crippen LogP contribution in [0.1, 0.15) is 73.1 Å². The third-order valence-corrected chi connectivity index (χ3v) is 10.7. The van der Waals surface area contributed by atoms with E-state index in [2.05, 4.69) is 29.8 Å². The third-order valence-electron chi connectivity index (χ3n) is 10.7. The number of nitrogens with zero attached hydrogens (tertiary/aromatic N) is 2. The monoisotopic (exact) mass is 590 g/mol. The highest BCUT2D eigenvalue weighted by molar-refractivity contribution is 5.96. The minimum atomic E-state index is -1.04. The van der Waals surface area contributed by atoms with Crippen LogP contribution in [-0.4, -0.2) is 89.4 Å². The summed E-state index contributed by atoms with van der Waals surface area (Å²) >= 11 is 0. The Balaban J connectivity index is 1.30. The van der Waals surface area contributed by atoms with Gasteiger partial charge in [0, 0.05) is 31.1 Å². The Hall–Kier alpha value is -2.92. The number of primary amides is 1. The lowest BCUT2D eigenvalue weighted by atomic mass is 9.85. The average molecular weight is 591 g/mol. The van der Waals surface area contributed by atoms with Gasteiger partial charge in [0.15, 0.2) is 0 Å². The van der Waals surface area contributed by atoms with Crippen molar-refractivity contribution in [1.29, 1.82) is 0 Å². The van der Waals surface area contributed by atoms with E-state index in [1.807, 2.05) is 20.8 Å². The summed E-state index contributed by atoms with van der Waals surface area (Å²) in [6.45, 7) is 10.6. The molecule has 0 aromatic rings.